The summed E-state index contributed by atoms with van der Waals surface area (Å²) in [6.07, 6.45) is 3.83. The predicted octanol–water partition coefficient (Wildman–Crippen LogP) is 3.25. The lowest BCUT2D eigenvalue weighted by atomic mass is 9.90. The van der Waals surface area contributed by atoms with Crippen molar-refractivity contribution in [2.45, 2.75) is 74.9 Å². The van der Waals surface area contributed by atoms with Crippen molar-refractivity contribution in [1.29, 1.82) is 0 Å². The maximum atomic E-state index is 12.7. The molecule has 6 heteroatoms. The summed E-state index contributed by atoms with van der Waals surface area (Å²) in [6.45, 7) is 5.56. The fourth-order valence-electron chi connectivity index (χ4n) is 3.36. The van der Waals surface area contributed by atoms with Crippen molar-refractivity contribution in [3.63, 3.8) is 0 Å². The third-order valence-corrected chi connectivity index (χ3v) is 5.48. The van der Waals surface area contributed by atoms with Crippen LogP contribution in [-0.2, 0) is 14.3 Å². The third-order valence-electron chi connectivity index (χ3n) is 4.23. The number of hydrogen-bond acceptors (Lipinski definition) is 4. The largest absolute Gasteiger partial charge is 0.459 e. The van der Waals surface area contributed by atoms with Gasteiger partial charge in [0.05, 0.1) is 13.2 Å². The van der Waals surface area contributed by atoms with E-state index in [0.717, 1.165) is 25.7 Å². The van der Waals surface area contributed by atoms with E-state index >= 15 is 0 Å². The second-order valence-corrected chi connectivity index (χ2v) is 8.30. The van der Waals surface area contributed by atoms with Crippen molar-refractivity contribution < 1.29 is 19.1 Å². The van der Waals surface area contributed by atoms with Crippen LogP contribution in [0.25, 0.3) is 0 Å². The van der Waals surface area contributed by atoms with Gasteiger partial charge in [-0.2, -0.15) is 0 Å². The number of hydrogen-bond donors (Lipinski definition) is 0. The third kappa shape index (κ3) is 3.20. The Hall–Kier alpha value is -0.780. The minimum absolute atomic E-state index is 0.171. The molecule has 5 nitrogen and oxygen atoms in total. The number of nitrogens with zero attached hydrogens (tertiary/aromatic N) is 1. The van der Waals surface area contributed by atoms with Gasteiger partial charge in [-0.05, 0) is 52.9 Å². The Morgan fingerprint density at radius 3 is 2.48 bits per heavy atom. The molecule has 0 aromatic rings. The van der Waals surface area contributed by atoms with Crippen LogP contribution >= 0.6 is 15.9 Å². The summed E-state index contributed by atoms with van der Waals surface area (Å²) in [7, 11) is 1.38. The van der Waals surface area contributed by atoms with E-state index in [2.05, 4.69) is 15.9 Å². The molecular formula is C15H24BrNO4. The Kier molecular flexibility index (Phi) is 4.57. The van der Waals surface area contributed by atoms with Gasteiger partial charge in [0, 0.05) is 6.04 Å². The summed E-state index contributed by atoms with van der Waals surface area (Å²) >= 11 is 3.63. The van der Waals surface area contributed by atoms with Gasteiger partial charge in [-0.1, -0.05) is 15.9 Å². The topological polar surface area (TPSA) is 55.8 Å². The number of alkyl halides is 1. The number of rotatable bonds is 1. The van der Waals surface area contributed by atoms with Gasteiger partial charge in [-0.3, -0.25) is 4.79 Å². The summed E-state index contributed by atoms with van der Waals surface area (Å²) in [6, 6.07) is -0.0309. The summed E-state index contributed by atoms with van der Waals surface area (Å²) in [4.78, 5) is 26.5. The van der Waals surface area contributed by atoms with E-state index in [0.29, 0.717) is 6.42 Å². The SMILES string of the molecule is COC(=O)N1C2CCCC(Br)(C(=O)OC(C)(C)C)C1CC2. The molecular weight excluding hydrogens is 338 g/mol. The van der Waals surface area contributed by atoms with Gasteiger partial charge >= 0.3 is 12.1 Å². The number of carbonyl (C=O) groups excluding carboxylic acids is 2. The van der Waals surface area contributed by atoms with Gasteiger partial charge in [0.25, 0.3) is 0 Å². The lowest BCUT2D eigenvalue weighted by Gasteiger charge is -2.37. The highest BCUT2D eigenvalue weighted by molar-refractivity contribution is 9.10. The molecule has 120 valence electrons. The lowest BCUT2D eigenvalue weighted by molar-refractivity contribution is -0.159. The van der Waals surface area contributed by atoms with Gasteiger partial charge < -0.3 is 14.4 Å². The minimum Gasteiger partial charge on any atom is -0.459 e. The molecule has 3 unspecified atom stereocenters. The molecule has 0 aromatic heterocycles. The number of methoxy groups -OCH3 is 1. The molecule has 0 N–H and O–H groups in total. The number of halogens is 1. The molecule has 0 spiro atoms. The highest BCUT2D eigenvalue weighted by Crippen LogP contribution is 2.45. The molecule has 3 atom stereocenters. The first-order valence-electron chi connectivity index (χ1n) is 7.47. The van der Waals surface area contributed by atoms with E-state index in [9.17, 15) is 9.59 Å². The first-order valence-corrected chi connectivity index (χ1v) is 8.27. The van der Waals surface area contributed by atoms with E-state index in [1.165, 1.54) is 7.11 Å². The fourth-order valence-corrected chi connectivity index (χ4v) is 4.17. The van der Waals surface area contributed by atoms with Crippen LogP contribution in [-0.4, -0.2) is 46.1 Å². The van der Waals surface area contributed by atoms with Gasteiger partial charge in [0.1, 0.15) is 9.93 Å². The molecule has 21 heavy (non-hydrogen) atoms. The first kappa shape index (κ1) is 16.6. The summed E-state index contributed by atoms with van der Waals surface area (Å²) in [5, 5.41) is 0. The van der Waals surface area contributed by atoms with Crippen molar-refractivity contribution in [1.82, 2.24) is 4.90 Å². The molecule has 2 heterocycles. The van der Waals surface area contributed by atoms with Crippen LogP contribution in [0, 0.1) is 0 Å². The second kappa shape index (κ2) is 5.78. The van der Waals surface area contributed by atoms with Crippen LogP contribution in [0.15, 0.2) is 0 Å². The normalized spacial score (nSPS) is 32.5. The maximum Gasteiger partial charge on any atom is 0.410 e. The molecule has 2 aliphatic rings. The minimum atomic E-state index is -0.834. The van der Waals surface area contributed by atoms with Crippen LogP contribution < -0.4 is 0 Å². The van der Waals surface area contributed by atoms with Crippen molar-refractivity contribution in [2.75, 3.05) is 7.11 Å². The first-order chi connectivity index (χ1) is 9.69. The number of ether oxygens (including phenoxy) is 2. The van der Waals surface area contributed by atoms with Crippen molar-refractivity contribution in [3.05, 3.63) is 0 Å². The molecule has 2 saturated heterocycles. The Morgan fingerprint density at radius 2 is 1.90 bits per heavy atom. The molecule has 2 aliphatic heterocycles. The van der Waals surface area contributed by atoms with E-state index in [1.807, 2.05) is 20.8 Å². The summed E-state index contributed by atoms with van der Waals surface area (Å²) < 4.78 is 9.66. The molecule has 0 aromatic carbocycles. The molecule has 2 fully saturated rings. The highest BCUT2D eigenvalue weighted by Gasteiger charge is 2.55. The van der Waals surface area contributed by atoms with Gasteiger partial charge in [0.15, 0.2) is 0 Å². The van der Waals surface area contributed by atoms with Gasteiger partial charge in [0.2, 0.25) is 0 Å². The van der Waals surface area contributed by atoms with Crippen molar-refractivity contribution in [2.24, 2.45) is 0 Å². The molecule has 0 aliphatic carbocycles. The average molecular weight is 362 g/mol. The maximum absolute atomic E-state index is 12.7. The number of fused-ring (bicyclic) bond motifs is 2. The predicted molar refractivity (Wildman–Crippen MR) is 82.4 cm³/mol. The smallest absolute Gasteiger partial charge is 0.410 e. The standard InChI is InChI=1S/C15H24BrNO4/c1-14(2,3)21-12(18)15(16)9-5-6-10-7-8-11(15)17(10)13(19)20-4/h10-11H,5-9H2,1-4H3. The second-order valence-electron chi connectivity index (χ2n) is 6.88. The monoisotopic (exact) mass is 361 g/mol. The Morgan fingerprint density at radius 1 is 1.24 bits per heavy atom. The van der Waals surface area contributed by atoms with Crippen LogP contribution in [0.5, 0.6) is 0 Å². The van der Waals surface area contributed by atoms with E-state index in [-0.39, 0.29) is 24.1 Å². The zero-order valence-electron chi connectivity index (χ0n) is 13.1. The zero-order valence-corrected chi connectivity index (χ0v) is 14.7. The average Bonchev–Trinajstić information content (AvgIpc) is 2.72. The molecule has 1 amide bonds. The number of carbonyl (C=O) groups is 2. The van der Waals surface area contributed by atoms with Crippen molar-refractivity contribution in [3.8, 4) is 0 Å². The zero-order chi connectivity index (χ0) is 15.8. The quantitative estimate of drug-likeness (QED) is 0.531. The molecule has 2 rings (SSSR count). The van der Waals surface area contributed by atoms with E-state index < -0.39 is 9.93 Å². The summed E-state index contributed by atoms with van der Waals surface area (Å²) in [5.41, 5.74) is -0.543. The van der Waals surface area contributed by atoms with Crippen molar-refractivity contribution >= 4 is 28.0 Å². The highest BCUT2D eigenvalue weighted by atomic mass is 79.9. The number of amides is 1. The van der Waals surface area contributed by atoms with Crippen LogP contribution in [0.3, 0.4) is 0 Å². The lowest BCUT2D eigenvalue weighted by Crippen LogP contribution is -2.54. The van der Waals surface area contributed by atoms with E-state index in [4.69, 9.17) is 9.47 Å². The Balaban J connectivity index is 2.29. The summed E-state index contributed by atoms with van der Waals surface area (Å²) in [5.74, 6) is -0.281. The molecule has 2 bridgehead atoms. The fraction of sp³-hybridized carbons (Fsp3) is 0.867. The van der Waals surface area contributed by atoms with Crippen LogP contribution in [0.1, 0.15) is 52.9 Å². The van der Waals surface area contributed by atoms with Crippen LogP contribution in [0.4, 0.5) is 4.79 Å². The van der Waals surface area contributed by atoms with Gasteiger partial charge in [-0.25, -0.2) is 4.79 Å². The molecule has 0 radical (unpaired) electrons. The van der Waals surface area contributed by atoms with Gasteiger partial charge in [-0.15, -0.1) is 0 Å². The Bertz CT molecular complexity index is 434. The van der Waals surface area contributed by atoms with E-state index in [1.54, 1.807) is 4.90 Å². The Labute approximate surface area is 134 Å². The number of esters is 1. The van der Waals surface area contributed by atoms with Crippen LogP contribution in [0.2, 0.25) is 0 Å². The molecule has 0 saturated carbocycles.